The minimum atomic E-state index is -0.306. The number of ether oxygens (including phenoxy) is 1. The summed E-state index contributed by atoms with van der Waals surface area (Å²) in [4.78, 5) is 25.8. The normalized spacial score (nSPS) is 19.4. The molecule has 140 valence electrons. The molecule has 0 aliphatic carbocycles. The maximum absolute atomic E-state index is 12.2. The molecular weight excluding hydrogens is 377 g/mol. The van der Waals surface area contributed by atoms with Gasteiger partial charge in [-0.3, -0.25) is 9.59 Å². The predicted octanol–water partition coefficient (Wildman–Crippen LogP) is 3.39. The van der Waals surface area contributed by atoms with Crippen molar-refractivity contribution in [3.8, 4) is 5.75 Å². The van der Waals surface area contributed by atoms with Gasteiger partial charge in [-0.2, -0.15) is 5.10 Å². The molecule has 1 aromatic rings. The molecule has 1 fully saturated rings. The second-order valence-corrected chi connectivity index (χ2v) is 7.19. The highest BCUT2D eigenvalue weighted by atomic mass is 35.5. The van der Waals surface area contributed by atoms with Crippen LogP contribution >= 0.6 is 23.2 Å². The number of rotatable bonds is 3. The van der Waals surface area contributed by atoms with Crippen LogP contribution in [0.2, 0.25) is 10.0 Å². The zero-order valence-electron chi connectivity index (χ0n) is 14.4. The van der Waals surface area contributed by atoms with Crippen molar-refractivity contribution < 1.29 is 14.3 Å². The number of carbonyl (C=O) groups excluding carboxylic acids is 2. The first-order chi connectivity index (χ1) is 12.6. The molecule has 3 rings (SSSR count). The molecular formula is C18H21Cl2N3O3. The van der Waals surface area contributed by atoms with Crippen LogP contribution in [0.1, 0.15) is 44.1 Å². The maximum atomic E-state index is 12.2. The first-order valence-corrected chi connectivity index (χ1v) is 9.56. The summed E-state index contributed by atoms with van der Waals surface area (Å²) in [5.74, 6) is 0.215. The van der Waals surface area contributed by atoms with Crippen molar-refractivity contribution in [2.75, 3.05) is 19.7 Å². The van der Waals surface area contributed by atoms with Crippen molar-refractivity contribution in [1.29, 1.82) is 0 Å². The summed E-state index contributed by atoms with van der Waals surface area (Å²) in [5, 5.41) is 5.03. The molecule has 0 radical (unpaired) electrons. The van der Waals surface area contributed by atoms with Crippen LogP contribution in [0.25, 0.3) is 0 Å². The van der Waals surface area contributed by atoms with E-state index in [1.165, 1.54) is 0 Å². The second kappa shape index (κ2) is 8.73. The lowest BCUT2D eigenvalue weighted by molar-refractivity contribution is -0.135. The highest BCUT2D eigenvalue weighted by molar-refractivity contribution is 6.43. The van der Waals surface area contributed by atoms with Crippen molar-refractivity contribution in [3.05, 3.63) is 27.7 Å². The third-order valence-corrected chi connectivity index (χ3v) is 5.27. The predicted molar refractivity (Wildman–Crippen MR) is 101 cm³/mol. The summed E-state index contributed by atoms with van der Waals surface area (Å²) in [6.45, 7) is 1.15. The van der Waals surface area contributed by atoms with Crippen molar-refractivity contribution in [3.63, 3.8) is 0 Å². The molecule has 2 amide bonds. The van der Waals surface area contributed by atoms with Crippen molar-refractivity contribution in [2.45, 2.75) is 38.5 Å². The second-order valence-electron chi connectivity index (χ2n) is 6.41. The minimum absolute atomic E-state index is 0.0277. The molecule has 0 aromatic heterocycles. The van der Waals surface area contributed by atoms with Crippen LogP contribution in [0.5, 0.6) is 5.75 Å². The van der Waals surface area contributed by atoms with E-state index in [0.717, 1.165) is 31.2 Å². The van der Waals surface area contributed by atoms with Crippen LogP contribution < -0.4 is 10.2 Å². The highest BCUT2D eigenvalue weighted by Gasteiger charge is 2.21. The van der Waals surface area contributed by atoms with Gasteiger partial charge >= 0.3 is 0 Å². The van der Waals surface area contributed by atoms with Crippen LogP contribution in [-0.4, -0.2) is 42.1 Å². The molecule has 2 heterocycles. The van der Waals surface area contributed by atoms with Gasteiger partial charge in [-0.15, -0.1) is 0 Å². The number of nitrogens with zero attached hydrogens (tertiary/aromatic N) is 2. The van der Waals surface area contributed by atoms with E-state index in [1.54, 1.807) is 17.0 Å². The SMILES string of the molecule is O=C(CN1CCCCCC1=O)N/N=C1/CCCOc2c1ccc(Cl)c2Cl. The summed E-state index contributed by atoms with van der Waals surface area (Å²) in [6.07, 6.45) is 4.74. The first kappa shape index (κ1) is 19.0. The number of hydrogen-bond donors (Lipinski definition) is 1. The van der Waals surface area contributed by atoms with E-state index in [9.17, 15) is 9.59 Å². The van der Waals surface area contributed by atoms with Gasteiger partial charge in [-0.05, 0) is 37.8 Å². The van der Waals surface area contributed by atoms with Crippen LogP contribution in [-0.2, 0) is 9.59 Å². The molecule has 26 heavy (non-hydrogen) atoms. The molecule has 0 saturated carbocycles. The van der Waals surface area contributed by atoms with Crippen LogP contribution in [0.3, 0.4) is 0 Å². The molecule has 1 saturated heterocycles. The van der Waals surface area contributed by atoms with Crippen molar-refractivity contribution in [2.24, 2.45) is 5.10 Å². The number of likely N-dealkylation sites (tertiary alicyclic amines) is 1. The van der Waals surface area contributed by atoms with Gasteiger partial charge in [0.05, 0.1) is 17.3 Å². The average molecular weight is 398 g/mol. The lowest BCUT2D eigenvalue weighted by Gasteiger charge is -2.19. The Morgan fingerprint density at radius 2 is 2.04 bits per heavy atom. The summed E-state index contributed by atoms with van der Waals surface area (Å²) in [6, 6.07) is 3.48. The van der Waals surface area contributed by atoms with Gasteiger partial charge in [0.2, 0.25) is 5.91 Å². The molecule has 2 aliphatic heterocycles. The molecule has 8 heteroatoms. The van der Waals surface area contributed by atoms with Gasteiger partial charge in [0.1, 0.15) is 17.3 Å². The highest BCUT2D eigenvalue weighted by Crippen LogP contribution is 2.37. The monoisotopic (exact) mass is 397 g/mol. The number of hydrazone groups is 1. The smallest absolute Gasteiger partial charge is 0.259 e. The van der Waals surface area contributed by atoms with E-state index in [-0.39, 0.29) is 18.4 Å². The van der Waals surface area contributed by atoms with E-state index in [1.807, 2.05) is 0 Å². The fourth-order valence-corrected chi connectivity index (χ4v) is 3.48. The van der Waals surface area contributed by atoms with Crippen molar-refractivity contribution >= 4 is 40.7 Å². The van der Waals surface area contributed by atoms with Gasteiger partial charge in [0.15, 0.2) is 0 Å². The zero-order valence-corrected chi connectivity index (χ0v) is 15.9. The molecule has 1 N–H and O–H groups in total. The number of benzene rings is 1. The van der Waals surface area contributed by atoms with Crippen LogP contribution in [0.15, 0.2) is 17.2 Å². The Bertz CT molecular complexity index is 737. The number of amides is 2. The Labute approximate surface area is 162 Å². The lowest BCUT2D eigenvalue weighted by atomic mass is 10.1. The lowest BCUT2D eigenvalue weighted by Crippen LogP contribution is -2.39. The molecule has 0 unspecified atom stereocenters. The van der Waals surface area contributed by atoms with Gasteiger partial charge in [-0.1, -0.05) is 29.6 Å². The van der Waals surface area contributed by atoms with E-state index >= 15 is 0 Å². The third kappa shape index (κ3) is 4.48. The molecule has 2 aliphatic rings. The molecule has 0 atom stereocenters. The van der Waals surface area contributed by atoms with E-state index < -0.39 is 0 Å². The first-order valence-electron chi connectivity index (χ1n) is 8.80. The Morgan fingerprint density at radius 1 is 1.19 bits per heavy atom. The number of halogens is 2. The van der Waals surface area contributed by atoms with Gasteiger partial charge in [0.25, 0.3) is 5.91 Å². The number of carbonyl (C=O) groups is 2. The average Bonchev–Trinajstić information content (AvgIpc) is 2.95. The number of fused-ring (bicyclic) bond motifs is 1. The quantitative estimate of drug-likeness (QED) is 0.794. The van der Waals surface area contributed by atoms with E-state index in [0.29, 0.717) is 47.5 Å². The largest absolute Gasteiger partial charge is 0.491 e. The third-order valence-electron chi connectivity index (χ3n) is 4.49. The Kier molecular flexibility index (Phi) is 6.38. The minimum Gasteiger partial charge on any atom is -0.491 e. The maximum Gasteiger partial charge on any atom is 0.259 e. The fraction of sp³-hybridized carbons (Fsp3) is 0.500. The topological polar surface area (TPSA) is 71.0 Å². The summed E-state index contributed by atoms with van der Waals surface area (Å²) in [5.41, 5.74) is 3.98. The molecule has 6 nitrogen and oxygen atoms in total. The molecule has 1 aromatic carbocycles. The number of hydrogen-bond acceptors (Lipinski definition) is 4. The van der Waals surface area contributed by atoms with Gasteiger partial charge < -0.3 is 9.64 Å². The summed E-state index contributed by atoms with van der Waals surface area (Å²) in [7, 11) is 0. The Morgan fingerprint density at radius 3 is 2.88 bits per heavy atom. The van der Waals surface area contributed by atoms with Gasteiger partial charge in [0, 0.05) is 18.5 Å². The molecule has 0 bridgehead atoms. The van der Waals surface area contributed by atoms with Gasteiger partial charge in [-0.25, -0.2) is 5.43 Å². The summed E-state index contributed by atoms with van der Waals surface area (Å²) >= 11 is 12.3. The summed E-state index contributed by atoms with van der Waals surface area (Å²) < 4.78 is 5.68. The zero-order chi connectivity index (χ0) is 18.5. The Hall–Kier alpha value is -1.79. The Balaban J connectivity index is 1.71. The van der Waals surface area contributed by atoms with E-state index in [2.05, 4.69) is 10.5 Å². The van der Waals surface area contributed by atoms with Crippen LogP contribution in [0, 0.1) is 0 Å². The standard InChI is InChI=1S/C18H21Cl2N3O3/c19-13-8-7-12-14(5-4-10-26-18(12)17(13)20)21-22-15(24)11-23-9-3-1-2-6-16(23)25/h7-8H,1-6,9-11H2,(H,22,24)/b21-14-. The fourth-order valence-electron chi connectivity index (χ4n) is 3.11. The van der Waals surface area contributed by atoms with Crippen molar-refractivity contribution in [1.82, 2.24) is 10.3 Å². The van der Waals surface area contributed by atoms with E-state index in [4.69, 9.17) is 27.9 Å². The number of nitrogens with one attached hydrogen (secondary N) is 1. The molecule has 0 spiro atoms. The van der Waals surface area contributed by atoms with Crippen LogP contribution in [0.4, 0.5) is 0 Å².